The van der Waals surface area contributed by atoms with Gasteiger partial charge in [0.2, 0.25) is 5.91 Å². The Hall–Kier alpha value is -2.34. The quantitative estimate of drug-likeness (QED) is 0.836. The van der Waals surface area contributed by atoms with Gasteiger partial charge in [-0.15, -0.1) is 0 Å². The number of ether oxygens (including phenoxy) is 1. The summed E-state index contributed by atoms with van der Waals surface area (Å²) >= 11 is 5.97. The van der Waals surface area contributed by atoms with E-state index in [1.54, 1.807) is 19.2 Å². The molecule has 1 aromatic heterocycles. The molecule has 7 heteroatoms. The highest BCUT2D eigenvalue weighted by atomic mass is 35.5. The molecule has 0 bridgehead atoms. The second kappa shape index (κ2) is 7.70. The number of piperidine rings is 1. The van der Waals surface area contributed by atoms with Crippen molar-refractivity contribution in [3.05, 3.63) is 57.5 Å². The van der Waals surface area contributed by atoms with Gasteiger partial charge in [-0.05, 0) is 24.3 Å². The first-order valence-electron chi connectivity index (χ1n) is 8.24. The SMILES string of the molecule is Cn1nc(CC(=O)N2CCC(Oc3cccc(Cl)c3)CC2)ccc1=O. The Balaban J connectivity index is 1.52. The normalized spacial score (nSPS) is 15.2. The van der Waals surface area contributed by atoms with E-state index in [0.717, 1.165) is 18.6 Å². The molecule has 0 aliphatic carbocycles. The van der Waals surface area contributed by atoms with Crippen LogP contribution in [0.5, 0.6) is 5.75 Å². The largest absolute Gasteiger partial charge is 0.490 e. The van der Waals surface area contributed by atoms with Gasteiger partial charge < -0.3 is 9.64 Å². The van der Waals surface area contributed by atoms with Crippen molar-refractivity contribution in [3.63, 3.8) is 0 Å². The highest BCUT2D eigenvalue weighted by molar-refractivity contribution is 6.30. The Morgan fingerprint density at radius 2 is 2.04 bits per heavy atom. The Labute approximate surface area is 151 Å². The van der Waals surface area contributed by atoms with Crippen molar-refractivity contribution in [1.29, 1.82) is 0 Å². The summed E-state index contributed by atoms with van der Waals surface area (Å²) in [5, 5.41) is 4.75. The van der Waals surface area contributed by atoms with Gasteiger partial charge in [0.15, 0.2) is 0 Å². The summed E-state index contributed by atoms with van der Waals surface area (Å²) in [5.74, 6) is 0.777. The summed E-state index contributed by atoms with van der Waals surface area (Å²) < 4.78 is 7.18. The third-order valence-corrected chi connectivity index (χ3v) is 4.48. The molecular formula is C18H20ClN3O3. The number of halogens is 1. The zero-order valence-corrected chi connectivity index (χ0v) is 14.8. The number of benzene rings is 1. The van der Waals surface area contributed by atoms with Crippen LogP contribution in [0.2, 0.25) is 5.02 Å². The van der Waals surface area contributed by atoms with E-state index >= 15 is 0 Å². The van der Waals surface area contributed by atoms with Crippen LogP contribution in [0.1, 0.15) is 18.5 Å². The monoisotopic (exact) mass is 361 g/mol. The number of hydrogen-bond acceptors (Lipinski definition) is 4. The standard InChI is InChI=1S/C18H20ClN3O3/c1-21-17(23)6-5-14(20-21)12-18(24)22-9-7-15(8-10-22)25-16-4-2-3-13(19)11-16/h2-6,11,15H,7-10,12H2,1H3. The predicted molar refractivity (Wildman–Crippen MR) is 94.9 cm³/mol. The maximum Gasteiger partial charge on any atom is 0.266 e. The van der Waals surface area contributed by atoms with Crippen molar-refractivity contribution in [3.8, 4) is 5.75 Å². The average molecular weight is 362 g/mol. The van der Waals surface area contributed by atoms with Crippen LogP contribution in [0.3, 0.4) is 0 Å². The highest BCUT2D eigenvalue weighted by Gasteiger charge is 2.24. The van der Waals surface area contributed by atoms with E-state index in [4.69, 9.17) is 16.3 Å². The molecule has 2 heterocycles. The van der Waals surface area contributed by atoms with Gasteiger partial charge in [0.05, 0.1) is 12.1 Å². The molecule has 0 radical (unpaired) electrons. The Morgan fingerprint density at radius 1 is 1.28 bits per heavy atom. The number of rotatable bonds is 4. The van der Waals surface area contributed by atoms with E-state index in [9.17, 15) is 9.59 Å². The van der Waals surface area contributed by atoms with E-state index in [0.29, 0.717) is 23.8 Å². The fourth-order valence-electron chi connectivity index (χ4n) is 2.87. The molecule has 1 aliphatic rings. The molecule has 2 aromatic rings. The van der Waals surface area contributed by atoms with Crippen LogP contribution in [0, 0.1) is 0 Å². The number of carbonyl (C=O) groups excluding carboxylic acids is 1. The summed E-state index contributed by atoms with van der Waals surface area (Å²) in [7, 11) is 1.58. The molecule has 6 nitrogen and oxygen atoms in total. The van der Waals surface area contributed by atoms with Crippen molar-refractivity contribution < 1.29 is 9.53 Å². The van der Waals surface area contributed by atoms with Crippen LogP contribution in [-0.4, -0.2) is 39.8 Å². The lowest BCUT2D eigenvalue weighted by molar-refractivity contribution is -0.132. The predicted octanol–water partition coefficient (Wildman–Crippen LogP) is 2.05. The topological polar surface area (TPSA) is 64.4 Å². The number of hydrogen-bond donors (Lipinski definition) is 0. The summed E-state index contributed by atoms with van der Waals surface area (Å²) in [6.45, 7) is 1.30. The minimum Gasteiger partial charge on any atom is -0.490 e. The Bertz CT molecular complexity index is 813. The molecule has 1 amide bonds. The molecule has 0 N–H and O–H groups in total. The summed E-state index contributed by atoms with van der Waals surface area (Å²) in [5.41, 5.74) is 0.416. The minimum atomic E-state index is -0.185. The number of amides is 1. The molecule has 1 saturated heterocycles. The molecule has 0 unspecified atom stereocenters. The van der Waals surface area contributed by atoms with Crippen molar-refractivity contribution >= 4 is 17.5 Å². The number of aromatic nitrogens is 2. The molecular weight excluding hydrogens is 342 g/mol. The molecule has 1 fully saturated rings. The van der Waals surface area contributed by atoms with Crippen LogP contribution in [0.15, 0.2) is 41.2 Å². The van der Waals surface area contributed by atoms with Crippen LogP contribution < -0.4 is 10.3 Å². The van der Waals surface area contributed by atoms with Gasteiger partial charge in [-0.1, -0.05) is 17.7 Å². The second-order valence-electron chi connectivity index (χ2n) is 6.12. The van der Waals surface area contributed by atoms with Crippen molar-refractivity contribution in [2.45, 2.75) is 25.4 Å². The smallest absolute Gasteiger partial charge is 0.266 e. The lowest BCUT2D eigenvalue weighted by Crippen LogP contribution is -2.42. The van der Waals surface area contributed by atoms with Gasteiger partial charge in [-0.3, -0.25) is 9.59 Å². The molecule has 0 spiro atoms. The van der Waals surface area contributed by atoms with Crippen LogP contribution in [0.25, 0.3) is 0 Å². The molecule has 132 valence electrons. The maximum atomic E-state index is 12.4. The first-order valence-corrected chi connectivity index (χ1v) is 8.62. The summed E-state index contributed by atoms with van der Waals surface area (Å²) in [6.07, 6.45) is 1.84. The van der Waals surface area contributed by atoms with Gasteiger partial charge in [-0.2, -0.15) is 5.10 Å². The lowest BCUT2D eigenvalue weighted by Gasteiger charge is -2.32. The molecule has 0 saturated carbocycles. The molecule has 1 aliphatic heterocycles. The van der Waals surface area contributed by atoms with Gasteiger partial charge in [-0.25, -0.2) is 4.68 Å². The Kier molecular flexibility index (Phi) is 5.38. The van der Waals surface area contributed by atoms with Gasteiger partial charge >= 0.3 is 0 Å². The first kappa shape index (κ1) is 17.5. The second-order valence-corrected chi connectivity index (χ2v) is 6.56. The fourth-order valence-corrected chi connectivity index (χ4v) is 3.05. The summed E-state index contributed by atoms with van der Waals surface area (Å²) in [4.78, 5) is 25.6. The lowest BCUT2D eigenvalue weighted by atomic mass is 10.1. The van der Waals surface area contributed by atoms with Crippen molar-refractivity contribution in [2.75, 3.05) is 13.1 Å². The zero-order valence-electron chi connectivity index (χ0n) is 14.0. The molecule has 1 aromatic carbocycles. The maximum absolute atomic E-state index is 12.4. The van der Waals surface area contributed by atoms with E-state index in [2.05, 4.69) is 5.10 Å². The number of nitrogens with zero attached hydrogens (tertiary/aromatic N) is 3. The molecule has 3 rings (SSSR count). The average Bonchev–Trinajstić information content (AvgIpc) is 2.59. The number of likely N-dealkylation sites (tertiary alicyclic amines) is 1. The van der Waals surface area contributed by atoms with E-state index in [1.165, 1.54) is 10.7 Å². The minimum absolute atomic E-state index is 0.0207. The van der Waals surface area contributed by atoms with E-state index in [1.807, 2.05) is 23.1 Å². The summed E-state index contributed by atoms with van der Waals surface area (Å²) in [6, 6.07) is 10.4. The molecule has 25 heavy (non-hydrogen) atoms. The van der Waals surface area contributed by atoms with E-state index in [-0.39, 0.29) is 24.0 Å². The van der Waals surface area contributed by atoms with Gasteiger partial charge in [0.25, 0.3) is 5.56 Å². The zero-order chi connectivity index (χ0) is 17.8. The van der Waals surface area contributed by atoms with Gasteiger partial charge in [0.1, 0.15) is 11.9 Å². The highest BCUT2D eigenvalue weighted by Crippen LogP contribution is 2.22. The van der Waals surface area contributed by atoms with Crippen LogP contribution >= 0.6 is 11.6 Å². The Morgan fingerprint density at radius 3 is 2.72 bits per heavy atom. The number of aryl methyl sites for hydroxylation is 1. The van der Waals surface area contributed by atoms with Crippen LogP contribution in [0.4, 0.5) is 0 Å². The fraction of sp³-hybridized carbons (Fsp3) is 0.389. The number of carbonyl (C=O) groups is 1. The van der Waals surface area contributed by atoms with Crippen molar-refractivity contribution in [1.82, 2.24) is 14.7 Å². The third-order valence-electron chi connectivity index (χ3n) is 4.24. The van der Waals surface area contributed by atoms with Crippen molar-refractivity contribution in [2.24, 2.45) is 7.05 Å². The molecule has 0 atom stereocenters. The van der Waals surface area contributed by atoms with E-state index < -0.39 is 0 Å². The van der Waals surface area contributed by atoms with Crippen LogP contribution in [-0.2, 0) is 18.3 Å². The first-order chi connectivity index (χ1) is 12.0. The van der Waals surface area contributed by atoms with Gasteiger partial charge in [0, 0.05) is 44.1 Å². The third kappa shape index (κ3) is 4.60.